The van der Waals surface area contributed by atoms with E-state index in [0.717, 1.165) is 12.0 Å². The van der Waals surface area contributed by atoms with E-state index < -0.39 is 11.7 Å². The second-order valence-electron chi connectivity index (χ2n) is 3.14. The minimum atomic E-state index is -4.28. The van der Waals surface area contributed by atoms with E-state index in [2.05, 4.69) is 0 Å². The summed E-state index contributed by atoms with van der Waals surface area (Å²) in [6.07, 6.45) is -4.28. The molecule has 0 amide bonds. The molecule has 1 aromatic rings. The molecule has 1 fully saturated rings. The van der Waals surface area contributed by atoms with Gasteiger partial charge in [0.05, 0.1) is 24.7 Å². The summed E-state index contributed by atoms with van der Waals surface area (Å²) in [5, 5.41) is 0. The van der Waals surface area contributed by atoms with Crippen LogP contribution >= 0.6 is 0 Å². The van der Waals surface area contributed by atoms with Crippen molar-refractivity contribution in [3.8, 4) is 0 Å². The van der Waals surface area contributed by atoms with Crippen LogP contribution in [-0.4, -0.2) is 13.2 Å². The standard InChI is InChI=1S/C10H8F3O/c11-10(12,13)9-4-2-1-3-8(9)7-5-14-6-7/h1-4H,5-6H2. The van der Waals surface area contributed by atoms with E-state index in [1.54, 1.807) is 6.07 Å². The van der Waals surface area contributed by atoms with Crippen molar-refractivity contribution in [3.63, 3.8) is 0 Å². The normalized spacial score (nSPS) is 17.9. The average molecular weight is 201 g/mol. The topological polar surface area (TPSA) is 9.23 Å². The molecular weight excluding hydrogens is 193 g/mol. The summed E-state index contributed by atoms with van der Waals surface area (Å²) in [5.41, 5.74) is -0.301. The van der Waals surface area contributed by atoms with Gasteiger partial charge in [0.2, 0.25) is 0 Å². The van der Waals surface area contributed by atoms with Gasteiger partial charge < -0.3 is 4.74 Å². The maximum absolute atomic E-state index is 12.5. The van der Waals surface area contributed by atoms with Crippen molar-refractivity contribution >= 4 is 0 Å². The van der Waals surface area contributed by atoms with Gasteiger partial charge in [-0.3, -0.25) is 0 Å². The molecule has 0 atom stereocenters. The molecule has 1 saturated heterocycles. The monoisotopic (exact) mass is 201 g/mol. The molecule has 0 spiro atoms. The third-order valence-electron chi connectivity index (χ3n) is 2.17. The summed E-state index contributed by atoms with van der Waals surface area (Å²) in [7, 11) is 0. The molecule has 0 aliphatic carbocycles. The van der Waals surface area contributed by atoms with E-state index in [1.807, 2.05) is 0 Å². The molecule has 1 radical (unpaired) electrons. The lowest BCUT2D eigenvalue weighted by Gasteiger charge is -2.27. The Morgan fingerprint density at radius 1 is 1.07 bits per heavy atom. The Hall–Kier alpha value is -1.03. The number of hydrogen-bond acceptors (Lipinski definition) is 1. The second kappa shape index (κ2) is 3.28. The van der Waals surface area contributed by atoms with Crippen molar-refractivity contribution in [3.05, 3.63) is 41.3 Å². The lowest BCUT2D eigenvalue weighted by Crippen LogP contribution is -2.28. The first-order valence-corrected chi connectivity index (χ1v) is 4.18. The SMILES string of the molecule is FC(F)(F)c1ccccc1[C]1COC1. The van der Waals surface area contributed by atoms with Gasteiger partial charge in [0.1, 0.15) is 0 Å². The molecule has 1 nitrogen and oxygen atoms in total. The number of rotatable bonds is 1. The van der Waals surface area contributed by atoms with Crippen LogP contribution in [-0.2, 0) is 10.9 Å². The summed E-state index contributed by atoms with van der Waals surface area (Å²) in [4.78, 5) is 0. The van der Waals surface area contributed by atoms with Crippen molar-refractivity contribution in [1.29, 1.82) is 0 Å². The Bertz CT molecular complexity index is 328. The minimum Gasteiger partial charge on any atom is -0.379 e. The molecule has 1 aromatic carbocycles. The van der Waals surface area contributed by atoms with E-state index >= 15 is 0 Å². The lowest BCUT2D eigenvalue weighted by atomic mass is 9.92. The minimum absolute atomic E-state index is 0.270. The Morgan fingerprint density at radius 3 is 2.21 bits per heavy atom. The molecule has 0 bridgehead atoms. The first-order chi connectivity index (χ1) is 6.59. The summed E-state index contributed by atoms with van der Waals surface area (Å²) in [6, 6.07) is 5.59. The highest BCUT2D eigenvalue weighted by atomic mass is 19.4. The highest BCUT2D eigenvalue weighted by Crippen LogP contribution is 2.36. The van der Waals surface area contributed by atoms with Gasteiger partial charge in [-0.15, -0.1) is 0 Å². The van der Waals surface area contributed by atoms with Gasteiger partial charge in [-0.25, -0.2) is 0 Å². The summed E-state index contributed by atoms with van der Waals surface area (Å²) < 4.78 is 42.4. The first-order valence-electron chi connectivity index (χ1n) is 4.18. The third-order valence-corrected chi connectivity index (χ3v) is 2.17. The van der Waals surface area contributed by atoms with E-state index in [1.165, 1.54) is 12.1 Å². The van der Waals surface area contributed by atoms with Gasteiger partial charge >= 0.3 is 6.18 Å². The molecule has 4 heteroatoms. The van der Waals surface area contributed by atoms with Crippen LogP contribution in [0.25, 0.3) is 0 Å². The Labute approximate surface area is 79.5 Å². The zero-order chi connectivity index (χ0) is 10.2. The molecule has 2 rings (SSSR count). The molecule has 14 heavy (non-hydrogen) atoms. The van der Waals surface area contributed by atoms with E-state index in [4.69, 9.17) is 4.74 Å². The van der Waals surface area contributed by atoms with E-state index in [-0.39, 0.29) is 5.56 Å². The predicted molar refractivity (Wildman–Crippen MR) is 44.6 cm³/mol. The largest absolute Gasteiger partial charge is 0.416 e. The molecule has 1 aliphatic rings. The third kappa shape index (κ3) is 1.62. The second-order valence-corrected chi connectivity index (χ2v) is 3.14. The van der Waals surface area contributed by atoms with Gasteiger partial charge in [-0.05, 0) is 11.6 Å². The van der Waals surface area contributed by atoms with Gasteiger partial charge in [-0.2, -0.15) is 13.2 Å². The molecule has 0 N–H and O–H groups in total. The molecule has 75 valence electrons. The summed E-state index contributed by atoms with van der Waals surface area (Å²) in [5.74, 6) is 0.720. The van der Waals surface area contributed by atoms with Gasteiger partial charge in [-0.1, -0.05) is 18.2 Å². The number of hydrogen-bond donors (Lipinski definition) is 0. The zero-order valence-electron chi connectivity index (χ0n) is 7.27. The fourth-order valence-corrected chi connectivity index (χ4v) is 1.40. The molecule has 1 heterocycles. The zero-order valence-corrected chi connectivity index (χ0v) is 7.27. The van der Waals surface area contributed by atoms with Crippen molar-refractivity contribution in [2.75, 3.05) is 13.2 Å². The highest BCUT2D eigenvalue weighted by Gasteiger charge is 2.36. The predicted octanol–water partition coefficient (Wildman–Crippen LogP) is 2.66. The average Bonchev–Trinajstić information content (AvgIpc) is 2.00. The van der Waals surface area contributed by atoms with Crippen molar-refractivity contribution in [1.82, 2.24) is 0 Å². The lowest BCUT2D eigenvalue weighted by molar-refractivity contribution is -0.138. The molecule has 0 aromatic heterocycles. The molecule has 0 saturated carbocycles. The molecule has 1 aliphatic heterocycles. The van der Waals surface area contributed by atoms with Gasteiger partial charge in [0.15, 0.2) is 0 Å². The fourth-order valence-electron chi connectivity index (χ4n) is 1.40. The van der Waals surface area contributed by atoms with Crippen LogP contribution < -0.4 is 0 Å². The Morgan fingerprint density at radius 2 is 1.71 bits per heavy atom. The maximum atomic E-state index is 12.5. The summed E-state index contributed by atoms with van der Waals surface area (Å²) >= 11 is 0. The smallest absolute Gasteiger partial charge is 0.379 e. The fraction of sp³-hybridized carbons (Fsp3) is 0.300. The number of benzene rings is 1. The Balaban J connectivity index is 2.38. The van der Waals surface area contributed by atoms with Crippen LogP contribution in [0.3, 0.4) is 0 Å². The van der Waals surface area contributed by atoms with Crippen LogP contribution in [0.15, 0.2) is 24.3 Å². The van der Waals surface area contributed by atoms with Crippen LogP contribution in [0.2, 0.25) is 0 Å². The van der Waals surface area contributed by atoms with Gasteiger partial charge in [0.25, 0.3) is 0 Å². The number of alkyl halides is 3. The maximum Gasteiger partial charge on any atom is 0.416 e. The first kappa shape index (κ1) is 9.52. The van der Waals surface area contributed by atoms with Crippen LogP contribution in [0.1, 0.15) is 11.1 Å². The van der Waals surface area contributed by atoms with Crippen molar-refractivity contribution < 1.29 is 17.9 Å². The van der Waals surface area contributed by atoms with Crippen LogP contribution in [0.5, 0.6) is 0 Å². The molecular formula is C10H8F3O. The Kier molecular flexibility index (Phi) is 2.23. The van der Waals surface area contributed by atoms with E-state index in [9.17, 15) is 13.2 Å². The van der Waals surface area contributed by atoms with Crippen LogP contribution in [0.4, 0.5) is 13.2 Å². The van der Waals surface area contributed by atoms with Crippen molar-refractivity contribution in [2.24, 2.45) is 0 Å². The van der Waals surface area contributed by atoms with Crippen molar-refractivity contribution in [2.45, 2.75) is 6.18 Å². The highest BCUT2D eigenvalue weighted by molar-refractivity contribution is 5.42. The van der Waals surface area contributed by atoms with Crippen LogP contribution in [0, 0.1) is 5.92 Å². The van der Waals surface area contributed by atoms with E-state index in [0.29, 0.717) is 13.2 Å². The summed E-state index contributed by atoms with van der Waals surface area (Å²) in [6.45, 7) is 0.625. The van der Waals surface area contributed by atoms with Gasteiger partial charge in [0, 0.05) is 0 Å². The number of ether oxygens (including phenoxy) is 1. The molecule has 0 unspecified atom stereocenters. The number of halogens is 3. The quantitative estimate of drug-likeness (QED) is 0.678.